The van der Waals surface area contributed by atoms with E-state index in [1.165, 1.54) is 56.5 Å². The largest absolute Gasteiger partial charge is 0.643 e. The molecule has 0 bridgehead atoms. The predicted octanol–water partition coefficient (Wildman–Crippen LogP) is 8.87. The molecule has 0 saturated heterocycles. The summed E-state index contributed by atoms with van der Waals surface area (Å²) >= 11 is 0. The number of benzene rings is 3. The van der Waals surface area contributed by atoms with E-state index in [2.05, 4.69) is 153 Å². The van der Waals surface area contributed by atoms with Gasteiger partial charge in [0.2, 0.25) is 0 Å². The van der Waals surface area contributed by atoms with Crippen LogP contribution in [-0.2, 0) is 5.41 Å². The normalized spacial score (nSPS) is 17.0. The quantitative estimate of drug-likeness (QED) is 0.195. The summed E-state index contributed by atoms with van der Waals surface area (Å²) in [7, 11) is -0.0279. The minimum Gasteiger partial charge on any atom is -0.320 e. The summed E-state index contributed by atoms with van der Waals surface area (Å²) in [5.41, 5.74) is 12.2. The first-order valence-electron chi connectivity index (χ1n) is 14.9. The van der Waals surface area contributed by atoms with Crippen LogP contribution in [0.25, 0.3) is 0 Å². The first kappa shape index (κ1) is 25.3. The van der Waals surface area contributed by atoms with E-state index in [-0.39, 0.29) is 18.6 Å². The lowest BCUT2D eigenvalue weighted by Crippen LogP contribution is -2.58. The molecule has 0 fully saturated rings. The molecule has 0 aliphatic carbocycles. The maximum Gasteiger partial charge on any atom is 0.643 e. The molecule has 5 heteroatoms. The Morgan fingerprint density at radius 1 is 0.700 bits per heavy atom. The molecule has 3 aliphatic rings. The summed E-state index contributed by atoms with van der Waals surface area (Å²) in [6.07, 6.45) is 2.31. The van der Waals surface area contributed by atoms with Gasteiger partial charge in [-0.05, 0) is 65.1 Å². The van der Waals surface area contributed by atoms with Gasteiger partial charge in [0.25, 0.3) is 5.82 Å². The second-order valence-corrected chi connectivity index (χ2v) is 13.4. The summed E-state index contributed by atoms with van der Waals surface area (Å²) < 4.78 is 2.48. The number of anilines is 6. The minimum absolute atomic E-state index is 0.0279. The average molecular weight is 528 g/mol. The van der Waals surface area contributed by atoms with Crippen molar-refractivity contribution in [2.45, 2.75) is 78.7 Å². The maximum absolute atomic E-state index is 2.65. The predicted molar refractivity (Wildman–Crippen MR) is 169 cm³/mol. The van der Waals surface area contributed by atoms with Crippen LogP contribution < -0.4 is 19.0 Å². The Balaban J connectivity index is 1.56. The lowest BCUT2D eigenvalue weighted by molar-refractivity contribution is -0.699. The van der Waals surface area contributed by atoms with Crippen molar-refractivity contribution in [3.63, 3.8) is 0 Å². The number of hydrogen-bond donors (Lipinski definition) is 0. The average Bonchev–Trinajstić information content (AvgIpc) is 3.44. The number of fused-ring (bicyclic) bond motifs is 7. The zero-order valence-corrected chi connectivity index (χ0v) is 25.1. The number of para-hydroxylation sites is 4. The molecule has 0 N–H and O–H groups in total. The molecule has 4 nitrogen and oxygen atoms in total. The molecular formula is C35H40BN4+. The fourth-order valence-corrected chi connectivity index (χ4v) is 7.07. The van der Waals surface area contributed by atoms with E-state index in [9.17, 15) is 0 Å². The SMILES string of the molecule is CC(C)c1cccc(C(C)C)c1N1B2N(c3ccccc31)c1cccc3c1N2c1cc(C(C)(C)C)cc[n+]1[C@@H]3C. The molecule has 0 amide bonds. The van der Waals surface area contributed by atoms with Crippen LogP contribution in [0.2, 0.25) is 0 Å². The van der Waals surface area contributed by atoms with Gasteiger partial charge in [0.1, 0.15) is 11.7 Å². The van der Waals surface area contributed by atoms with Crippen molar-refractivity contribution in [1.82, 2.24) is 0 Å². The maximum atomic E-state index is 2.65. The summed E-state index contributed by atoms with van der Waals surface area (Å²) in [5, 5.41) is 0. The van der Waals surface area contributed by atoms with Crippen molar-refractivity contribution in [1.29, 1.82) is 0 Å². The molecule has 4 aromatic rings. The van der Waals surface area contributed by atoms with Gasteiger partial charge in [0.05, 0.1) is 23.3 Å². The van der Waals surface area contributed by atoms with E-state index in [1.807, 2.05) is 0 Å². The summed E-state index contributed by atoms with van der Waals surface area (Å²) in [5.74, 6) is 2.08. The van der Waals surface area contributed by atoms with E-state index in [0.717, 1.165) is 0 Å². The molecule has 3 aromatic carbocycles. The standard InChI is InChI=1S/C35H40BN4/c1-22(2)26-13-11-14-27(23(3)4)33(26)39-30-17-10-9-16-29(30)38-31-18-12-15-28-24(5)37-20-19-25(35(6,7)8)21-32(37)40(34(28)31)36(38)39/h9-24H,1-8H3/q+1/t24-/m1/s1. The molecule has 1 aromatic heterocycles. The van der Waals surface area contributed by atoms with Gasteiger partial charge in [-0.25, -0.2) is 9.38 Å². The van der Waals surface area contributed by atoms with Gasteiger partial charge in [-0.2, -0.15) is 0 Å². The van der Waals surface area contributed by atoms with Crippen molar-refractivity contribution in [2.75, 3.05) is 14.4 Å². The van der Waals surface area contributed by atoms with Gasteiger partial charge in [-0.3, -0.25) is 0 Å². The molecule has 40 heavy (non-hydrogen) atoms. The number of hydrogen-bond acceptors (Lipinski definition) is 3. The second kappa shape index (κ2) is 8.64. The molecule has 1 atom stereocenters. The van der Waals surface area contributed by atoms with Crippen molar-refractivity contribution in [3.05, 3.63) is 101 Å². The third-order valence-corrected chi connectivity index (χ3v) is 9.17. The van der Waals surface area contributed by atoms with Gasteiger partial charge in [0.15, 0.2) is 0 Å². The van der Waals surface area contributed by atoms with Crippen LogP contribution in [0.1, 0.15) is 95.5 Å². The molecule has 0 radical (unpaired) electrons. The highest BCUT2D eigenvalue weighted by atomic mass is 15.5. The topological polar surface area (TPSA) is 13.6 Å². The van der Waals surface area contributed by atoms with E-state index in [1.54, 1.807) is 0 Å². The first-order valence-corrected chi connectivity index (χ1v) is 14.9. The number of rotatable bonds is 3. The Kier molecular flexibility index (Phi) is 5.45. The van der Waals surface area contributed by atoms with E-state index in [0.29, 0.717) is 11.8 Å². The highest BCUT2D eigenvalue weighted by Gasteiger charge is 2.63. The molecule has 0 saturated carbocycles. The molecule has 0 spiro atoms. The molecule has 4 heterocycles. The van der Waals surface area contributed by atoms with E-state index in [4.69, 9.17) is 0 Å². The monoisotopic (exact) mass is 527 g/mol. The lowest BCUT2D eigenvalue weighted by Gasteiger charge is -2.34. The number of nitrogens with zero attached hydrogens (tertiary/aromatic N) is 4. The fourth-order valence-electron chi connectivity index (χ4n) is 7.07. The Hall–Kier alpha value is -3.73. The van der Waals surface area contributed by atoms with Crippen molar-refractivity contribution in [2.24, 2.45) is 0 Å². The number of aromatic nitrogens is 1. The Bertz CT molecular complexity index is 1620. The molecule has 202 valence electrons. The number of pyridine rings is 1. The van der Waals surface area contributed by atoms with Gasteiger partial charge in [-0.15, -0.1) is 0 Å². The van der Waals surface area contributed by atoms with Gasteiger partial charge >= 0.3 is 7.12 Å². The molecule has 0 unspecified atom stereocenters. The van der Waals surface area contributed by atoms with Crippen LogP contribution in [-0.4, -0.2) is 7.12 Å². The van der Waals surface area contributed by atoms with Crippen LogP contribution >= 0.6 is 0 Å². The Morgan fingerprint density at radius 2 is 1.30 bits per heavy atom. The second-order valence-electron chi connectivity index (χ2n) is 13.4. The zero-order valence-electron chi connectivity index (χ0n) is 25.1. The Labute approximate surface area is 240 Å². The van der Waals surface area contributed by atoms with Gasteiger partial charge in [-0.1, -0.05) is 90.9 Å². The van der Waals surface area contributed by atoms with E-state index < -0.39 is 0 Å². The molecule has 3 aliphatic heterocycles. The lowest BCUT2D eigenvalue weighted by atomic mass is 9.81. The zero-order chi connectivity index (χ0) is 28.1. The fraction of sp³-hybridized carbons (Fsp3) is 0.343. The summed E-state index contributed by atoms with van der Waals surface area (Å²) in [6.45, 7) is 18.6. The minimum atomic E-state index is -0.0279. The first-order chi connectivity index (χ1) is 19.1. The van der Waals surface area contributed by atoms with Crippen molar-refractivity contribution >= 4 is 41.4 Å². The Morgan fingerprint density at radius 3 is 1.93 bits per heavy atom. The van der Waals surface area contributed by atoms with Crippen LogP contribution in [0.15, 0.2) is 79.0 Å². The molecule has 7 rings (SSSR count). The highest BCUT2D eigenvalue weighted by molar-refractivity contribution is 6.80. The van der Waals surface area contributed by atoms with Crippen LogP contribution in [0, 0.1) is 0 Å². The summed E-state index contributed by atoms with van der Waals surface area (Å²) in [4.78, 5) is 7.86. The third kappa shape index (κ3) is 3.36. The summed E-state index contributed by atoms with van der Waals surface area (Å²) in [6, 6.07) is 27.8. The van der Waals surface area contributed by atoms with Crippen LogP contribution in [0.4, 0.5) is 34.3 Å². The third-order valence-electron chi connectivity index (χ3n) is 9.17. The van der Waals surface area contributed by atoms with Crippen molar-refractivity contribution in [3.8, 4) is 0 Å². The van der Waals surface area contributed by atoms with Gasteiger partial charge in [0, 0.05) is 17.3 Å². The molecular weight excluding hydrogens is 487 g/mol. The van der Waals surface area contributed by atoms with E-state index >= 15 is 0 Å². The van der Waals surface area contributed by atoms with Crippen molar-refractivity contribution < 1.29 is 4.57 Å². The van der Waals surface area contributed by atoms with Gasteiger partial charge < -0.3 is 9.62 Å². The van der Waals surface area contributed by atoms with Crippen LogP contribution in [0.3, 0.4) is 0 Å². The highest BCUT2D eigenvalue weighted by Crippen LogP contribution is 2.59. The smallest absolute Gasteiger partial charge is 0.320 e. The van der Waals surface area contributed by atoms with Crippen LogP contribution in [0.5, 0.6) is 0 Å².